The molecule has 0 aliphatic rings. The smallest absolute Gasteiger partial charge is 0.200 e. The molecule has 0 fully saturated rings. The molecule has 4 nitrogen and oxygen atoms in total. The van der Waals surface area contributed by atoms with Crippen LogP contribution in [0.25, 0.3) is 0 Å². The molecule has 0 saturated heterocycles. The van der Waals surface area contributed by atoms with Gasteiger partial charge in [-0.2, -0.15) is 18.4 Å². The van der Waals surface area contributed by atoms with E-state index in [1.54, 1.807) is 0 Å². The molecule has 0 aliphatic heterocycles. The van der Waals surface area contributed by atoms with Crippen molar-refractivity contribution < 1.29 is 8.42 Å². The first kappa shape index (κ1) is 17.2. The number of sulfonamides is 1. The zero-order valence-electron chi connectivity index (χ0n) is 13.1. The minimum Gasteiger partial charge on any atom is -0.200 e. The third-order valence-corrected chi connectivity index (χ3v) is 4.97. The van der Waals surface area contributed by atoms with Crippen molar-refractivity contribution in [2.75, 3.05) is 0 Å². The summed E-state index contributed by atoms with van der Waals surface area (Å²) >= 11 is 5.81. The van der Waals surface area contributed by atoms with Crippen LogP contribution in [0.4, 0.5) is 0 Å². The van der Waals surface area contributed by atoms with E-state index < -0.39 is 10.0 Å². The van der Waals surface area contributed by atoms with Gasteiger partial charge in [0.05, 0.1) is 10.6 Å². The minimum absolute atomic E-state index is 0.0983. The minimum atomic E-state index is -3.78. The first-order valence-corrected chi connectivity index (χ1v) is 9.38. The van der Waals surface area contributed by atoms with Crippen LogP contribution in [0.15, 0.2) is 94.9 Å². The summed E-state index contributed by atoms with van der Waals surface area (Å²) in [7, 11) is -3.78. The molecule has 0 unspecified atom stereocenters. The summed E-state index contributed by atoms with van der Waals surface area (Å²) in [5, 5.41) is 4.65. The fourth-order valence-corrected chi connectivity index (χ4v) is 3.20. The highest BCUT2D eigenvalue weighted by Gasteiger charge is 2.14. The molecule has 0 atom stereocenters. The molecule has 3 rings (SSSR count). The Morgan fingerprint density at radius 1 is 0.760 bits per heavy atom. The van der Waals surface area contributed by atoms with Gasteiger partial charge in [0.2, 0.25) is 0 Å². The Kier molecular flexibility index (Phi) is 5.16. The Hall–Kier alpha value is -2.63. The van der Waals surface area contributed by atoms with Gasteiger partial charge in [0.1, 0.15) is 0 Å². The summed E-state index contributed by atoms with van der Waals surface area (Å²) in [5.41, 5.74) is 2.17. The van der Waals surface area contributed by atoms with Crippen molar-refractivity contribution in [2.45, 2.75) is 4.90 Å². The fraction of sp³-hybridized carbons (Fsp3) is 0. The number of hydrogen-bond acceptors (Lipinski definition) is 3. The lowest BCUT2D eigenvalue weighted by atomic mass is 10.0. The van der Waals surface area contributed by atoms with Crippen LogP contribution in [-0.4, -0.2) is 14.1 Å². The predicted molar refractivity (Wildman–Crippen MR) is 100 cm³/mol. The molecule has 0 aromatic heterocycles. The predicted octanol–water partition coefficient (Wildman–Crippen LogP) is 4.07. The highest BCUT2D eigenvalue weighted by Crippen LogP contribution is 2.15. The van der Waals surface area contributed by atoms with Crippen LogP contribution >= 0.6 is 11.6 Å². The lowest BCUT2D eigenvalue weighted by molar-refractivity contribution is 0.584. The molecule has 0 heterocycles. The summed E-state index contributed by atoms with van der Waals surface area (Å²) in [6.07, 6.45) is 0. The van der Waals surface area contributed by atoms with Crippen LogP contribution in [0.3, 0.4) is 0 Å². The second-order valence-corrected chi connectivity index (χ2v) is 7.34. The first-order valence-electron chi connectivity index (χ1n) is 7.52. The van der Waals surface area contributed by atoms with E-state index >= 15 is 0 Å². The zero-order valence-corrected chi connectivity index (χ0v) is 14.7. The third kappa shape index (κ3) is 4.26. The number of rotatable bonds is 5. The van der Waals surface area contributed by atoms with Gasteiger partial charge < -0.3 is 0 Å². The summed E-state index contributed by atoms with van der Waals surface area (Å²) < 4.78 is 24.9. The summed E-state index contributed by atoms with van der Waals surface area (Å²) in [5.74, 6) is 0. The van der Waals surface area contributed by atoms with Crippen LogP contribution in [0.1, 0.15) is 11.1 Å². The van der Waals surface area contributed by atoms with Crippen molar-refractivity contribution in [3.8, 4) is 0 Å². The lowest BCUT2D eigenvalue weighted by Gasteiger charge is -2.09. The van der Waals surface area contributed by atoms with E-state index in [1.165, 1.54) is 24.3 Å². The maximum absolute atomic E-state index is 12.4. The molecule has 3 aromatic carbocycles. The van der Waals surface area contributed by atoms with Gasteiger partial charge in [-0.15, -0.1) is 0 Å². The molecular weight excluding hydrogens is 356 g/mol. The molecule has 0 bridgehead atoms. The van der Waals surface area contributed by atoms with E-state index in [1.807, 2.05) is 60.7 Å². The number of nitrogens with one attached hydrogen (secondary N) is 1. The van der Waals surface area contributed by atoms with Crippen molar-refractivity contribution in [3.05, 3.63) is 101 Å². The Morgan fingerprint density at radius 2 is 1.24 bits per heavy atom. The van der Waals surface area contributed by atoms with Crippen LogP contribution in [0, 0.1) is 0 Å². The van der Waals surface area contributed by atoms with Crippen molar-refractivity contribution in [1.29, 1.82) is 0 Å². The monoisotopic (exact) mass is 370 g/mol. The second-order valence-electron chi connectivity index (χ2n) is 5.24. The molecule has 0 saturated carbocycles. The molecule has 0 amide bonds. The molecule has 0 aliphatic carbocycles. The van der Waals surface area contributed by atoms with E-state index in [0.717, 1.165) is 11.1 Å². The second kappa shape index (κ2) is 7.51. The summed E-state index contributed by atoms with van der Waals surface area (Å²) in [6.45, 7) is 0. The topological polar surface area (TPSA) is 58.5 Å². The lowest BCUT2D eigenvalue weighted by Crippen LogP contribution is -2.21. The molecule has 0 spiro atoms. The largest absolute Gasteiger partial charge is 0.276 e. The zero-order chi connectivity index (χ0) is 17.7. The van der Waals surface area contributed by atoms with Crippen molar-refractivity contribution in [1.82, 2.24) is 4.83 Å². The van der Waals surface area contributed by atoms with Crippen molar-refractivity contribution in [3.63, 3.8) is 0 Å². The summed E-state index contributed by atoms with van der Waals surface area (Å²) in [4.78, 5) is 2.41. The van der Waals surface area contributed by atoms with Gasteiger partial charge in [-0.3, -0.25) is 0 Å². The van der Waals surface area contributed by atoms with Gasteiger partial charge in [-0.05, 0) is 24.3 Å². The van der Waals surface area contributed by atoms with Gasteiger partial charge in [-0.25, -0.2) is 0 Å². The molecule has 0 radical (unpaired) electrons. The highest BCUT2D eigenvalue weighted by atomic mass is 35.5. The quantitative estimate of drug-likeness (QED) is 0.543. The maximum atomic E-state index is 12.4. The van der Waals surface area contributed by atoms with Crippen LogP contribution in [-0.2, 0) is 10.0 Å². The normalized spacial score (nSPS) is 10.9. The first-order chi connectivity index (χ1) is 12.1. The Balaban J connectivity index is 1.98. The molecule has 126 valence electrons. The van der Waals surface area contributed by atoms with E-state index in [-0.39, 0.29) is 4.90 Å². The Morgan fingerprint density at radius 3 is 1.72 bits per heavy atom. The summed E-state index contributed by atoms with van der Waals surface area (Å²) in [6, 6.07) is 24.7. The van der Waals surface area contributed by atoms with E-state index in [9.17, 15) is 8.42 Å². The van der Waals surface area contributed by atoms with Crippen LogP contribution in [0.5, 0.6) is 0 Å². The van der Waals surface area contributed by atoms with E-state index in [0.29, 0.717) is 10.7 Å². The molecule has 1 N–H and O–H groups in total. The Bertz CT molecular complexity index is 929. The Labute approximate surface area is 151 Å². The number of benzene rings is 3. The van der Waals surface area contributed by atoms with Crippen molar-refractivity contribution >= 4 is 27.3 Å². The number of halogens is 1. The van der Waals surface area contributed by atoms with Gasteiger partial charge >= 0.3 is 0 Å². The number of hydrazone groups is 1. The maximum Gasteiger partial charge on any atom is 0.276 e. The average Bonchev–Trinajstić information content (AvgIpc) is 2.64. The SMILES string of the molecule is O=S(=O)(NN=C(c1ccccc1)c1ccccc1)c1ccc(Cl)cc1. The van der Waals surface area contributed by atoms with E-state index in [4.69, 9.17) is 11.6 Å². The number of hydrogen-bond donors (Lipinski definition) is 1. The van der Waals surface area contributed by atoms with Crippen LogP contribution in [0.2, 0.25) is 5.02 Å². The molecule has 6 heteroatoms. The number of nitrogens with zero attached hydrogens (tertiary/aromatic N) is 1. The fourth-order valence-electron chi connectivity index (χ4n) is 2.26. The molecular formula is C19H15ClN2O2S. The average molecular weight is 371 g/mol. The van der Waals surface area contributed by atoms with E-state index in [2.05, 4.69) is 9.93 Å². The third-order valence-electron chi connectivity index (χ3n) is 3.50. The molecule has 3 aromatic rings. The van der Waals surface area contributed by atoms with Gasteiger partial charge in [0.25, 0.3) is 10.0 Å². The van der Waals surface area contributed by atoms with Gasteiger partial charge in [0, 0.05) is 16.1 Å². The molecule has 25 heavy (non-hydrogen) atoms. The van der Waals surface area contributed by atoms with Gasteiger partial charge in [0.15, 0.2) is 0 Å². The highest BCUT2D eigenvalue weighted by molar-refractivity contribution is 7.89. The van der Waals surface area contributed by atoms with Crippen molar-refractivity contribution in [2.24, 2.45) is 5.10 Å². The van der Waals surface area contributed by atoms with Gasteiger partial charge in [-0.1, -0.05) is 72.3 Å². The van der Waals surface area contributed by atoms with Crippen LogP contribution < -0.4 is 4.83 Å². The standard InChI is InChI=1S/C19H15ClN2O2S/c20-17-11-13-18(14-12-17)25(23,24)22-21-19(15-7-3-1-4-8-15)16-9-5-2-6-10-16/h1-14,22H.